The fourth-order valence-corrected chi connectivity index (χ4v) is 4.43. The third-order valence-electron chi connectivity index (χ3n) is 5.45. The van der Waals surface area contributed by atoms with Crippen LogP contribution in [0.15, 0.2) is 35.7 Å². The summed E-state index contributed by atoms with van der Waals surface area (Å²) in [4.78, 5) is 42.9. The minimum Gasteiger partial charge on any atom is -0.300 e. The number of fused-ring (bicyclic) bond motifs is 1. The van der Waals surface area contributed by atoms with Gasteiger partial charge in [0.1, 0.15) is 6.54 Å². The highest BCUT2D eigenvalue weighted by molar-refractivity contribution is 7.14. The summed E-state index contributed by atoms with van der Waals surface area (Å²) in [5.41, 5.74) is 4.16. The number of hydrogen-bond donors (Lipinski definition) is 1. The van der Waals surface area contributed by atoms with Crippen LogP contribution in [0.1, 0.15) is 24.0 Å². The van der Waals surface area contributed by atoms with Crippen LogP contribution in [0.4, 0.5) is 5.13 Å². The van der Waals surface area contributed by atoms with Crippen molar-refractivity contribution in [2.24, 2.45) is 11.8 Å². The van der Waals surface area contributed by atoms with E-state index in [1.54, 1.807) is 0 Å². The van der Waals surface area contributed by atoms with E-state index in [4.69, 9.17) is 0 Å². The van der Waals surface area contributed by atoms with Crippen LogP contribution in [-0.2, 0) is 14.4 Å². The first kappa shape index (κ1) is 18.6. The molecule has 0 radical (unpaired) electrons. The first-order valence-electron chi connectivity index (χ1n) is 9.27. The number of benzene rings is 1. The van der Waals surface area contributed by atoms with Crippen LogP contribution in [0, 0.1) is 25.7 Å². The molecule has 0 bridgehead atoms. The summed E-state index contributed by atoms with van der Waals surface area (Å²) in [7, 11) is 0. The van der Waals surface area contributed by atoms with Crippen LogP contribution in [0.3, 0.4) is 0 Å². The van der Waals surface area contributed by atoms with Gasteiger partial charge in [-0.2, -0.15) is 0 Å². The summed E-state index contributed by atoms with van der Waals surface area (Å²) >= 11 is 1.32. The lowest BCUT2D eigenvalue weighted by Gasteiger charge is -2.14. The van der Waals surface area contributed by atoms with Gasteiger partial charge < -0.3 is 5.32 Å². The number of nitrogens with one attached hydrogen (secondary N) is 1. The Balaban J connectivity index is 1.42. The number of allylic oxidation sites excluding steroid dienone is 2. The largest absolute Gasteiger partial charge is 0.300 e. The van der Waals surface area contributed by atoms with Crippen LogP contribution in [0.25, 0.3) is 11.3 Å². The highest BCUT2D eigenvalue weighted by Crippen LogP contribution is 2.35. The van der Waals surface area contributed by atoms with Gasteiger partial charge in [-0.05, 0) is 43.9 Å². The summed E-state index contributed by atoms with van der Waals surface area (Å²) < 4.78 is 0. The SMILES string of the molecule is Cc1ccc(-c2csc(NC(=O)CN3C(=O)C4CC=CCC4C3=O)n2)cc1C. The molecule has 1 aromatic carbocycles. The molecule has 1 aliphatic heterocycles. The number of thiazole rings is 1. The summed E-state index contributed by atoms with van der Waals surface area (Å²) in [5, 5.41) is 5.05. The Hall–Kier alpha value is -2.80. The van der Waals surface area contributed by atoms with Crippen molar-refractivity contribution in [3.8, 4) is 11.3 Å². The van der Waals surface area contributed by atoms with Crippen molar-refractivity contribution in [3.63, 3.8) is 0 Å². The van der Waals surface area contributed by atoms with Crippen LogP contribution in [0.2, 0.25) is 0 Å². The maximum Gasteiger partial charge on any atom is 0.246 e. The lowest BCUT2D eigenvalue weighted by atomic mass is 9.85. The number of hydrogen-bond acceptors (Lipinski definition) is 5. The Bertz CT molecular complexity index is 969. The quantitative estimate of drug-likeness (QED) is 0.636. The molecule has 3 amide bonds. The molecular formula is C21H21N3O3S. The standard InChI is InChI=1S/C21H21N3O3S/c1-12-7-8-14(9-13(12)2)17-11-28-21(22-17)23-18(25)10-24-19(26)15-5-3-4-6-16(15)20(24)27/h3-4,7-9,11,15-16H,5-6,10H2,1-2H3,(H,22,23,25). The van der Waals surface area contributed by atoms with Crippen molar-refractivity contribution < 1.29 is 14.4 Å². The lowest BCUT2D eigenvalue weighted by Crippen LogP contribution is -2.38. The smallest absolute Gasteiger partial charge is 0.246 e. The van der Waals surface area contributed by atoms with Gasteiger partial charge in [0.05, 0.1) is 17.5 Å². The average molecular weight is 395 g/mol. The predicted octanol–water partition coefficient (Wildman–Crippen LogP) is 3.32. The van der Waals surface area contributed by atoms with Gasteiger partial charge in [0.15, 0.2) is 5.13 Å². The Labute approximate surface area is 167 Å². The van der Waals surface area contributed by atoms with Gasteiger partial charge in [-0.1, -0.05) is 24.3 Å². The topological polar surface area (TPSA) is 79.4 Å². The van der Waals surface area contributed by atoms with E-state index in [0.29, 0.717) is 18.0 Å². The molecular weight excluding hydrogens is 374 g/mol. The predicted molar refractivity (Wildman–Crippen MR) is 108 cm³/mol. The molecule has 1 aromatic heterocycles. The van der Waals surface area contributed by atoms with Crippen LogP contribution in [-0.4, -0.2) is 34.2 Å². The van der Waals surface area contributed by atoms with Gasteiger partial charge >= 0.3 is 0 Å². The normalized spacial score (nSPS) is 21.1. The number of likely N-dealkylation sites (tertiary alicyclic amines) is 1. The van der Waals surface area contributed by atoms with Crippen LogP contribution < -0.4 is 5.32 Å². The fraction of sp³-hybridized carbons (Fsp3) is 0.333. The zero-order valence-electron chi connectivity index (χ0n) is 15.8. The van der Waals surface area contributed by atoms with Gasteiger partial charge in [-0.25, -0.2) is 4.98 Å². The van der Waals surface area contributed by atoms with Gasteiger partial charge in [-0.3, -0.25) is 19.3 Å². The van der Waals surface area contributed by atoms with Crippen molar-refractivity contribution in [3.05, 3.63) is 46.9 Å². The molecule has 2 heterocycles. The average Bonchev–Trinajstić information content (AvgIpc) is 3.23. The lowest BCUT2D eigenvalue weighted by molar-refractivity contribution is -0.142. The minimum atomic E-state index is -0.408. The van der Waals surface area contributed by atoms with Crippen molar-refractivity contribution >= 4 is 34.2 Å². The van der Waals surface area contributed by atoms with Gasteiger partial charge in [0.2, 0.25) is 17.7 Å². The molecule has 7 heteroatoms. The van der Waals surface area contributed by atoms with E-state index in [0.717, 1.165) is 16.2 Å². The second-order valence-electron chi connectivity index (χ2n) is 7.30. The second kappa shape index (κ2) is 7.31. The van der Waals surface area contributed by atoms with E-state index < -0.39 is 5.91 Å². The number of anilines is 1. The van der Waals surface area contributed by atoms with Gasteiger partial charge in [0, 0.05) is 10.9 Å². The number of imide groups is 1. The molecule has 1 N–H and O–H groups in total. The molecule has 0 saturated carbocycles. The zero-order chi connectivity index (χ0) is 19.8. The number of carbonyl (C=O) groups excluding carboxylic acids is 3. The number of nitrogens with zero attached hydrogens (tertiary/aromatic N) is 2. The van der Waals surface area contributed by atoms with E-state index in [-0.39, 0.29) is 30.2 Å². The summed E-state index contributed by atoms with van der Waals surface area (Å²) in [5.74, 6) is -1.54. The van der Waals surface area contributed by atoms with E-state index in [1.807, 2.05) is 36.6 Å². The highest BCUT2D eigenvalue weighted by Gasteiger charge is 2.47. The summed E-state index contributed by atoms with van der Waals surface area (Å²) in [6.07, 6.45) is 5.00. The zero-order valence-corrected chi connectivity index (χ0v) is 16.6. The molecule has 2 atom stereocenters. The maximum absolute atomic E-state index is 12.5. The van der Waals surface area contributed by atoms with E-state index in [2.05, 4.69) is 23.3 Å². The molecule has 2 aromatic rings. The number of aryl methyl sites for hydroxylation is 2. The minimum absolute atomic E-state index is 0.246. The Kier molecular flexibility index (Phi) is 4.85. The first-order valence-corrected chi connectivity index (χ1v) is 10.1. The van der Waals surface area contributed by atoms with Crippen molar-refractivity contribution in [2.45, 2.75) is 26.7 Å². The molecule has 0 spiro atoms. The van der Waals surface area contributed by atoms with Gasteiger partial charge in [-0.15, -0.1) is 11.3 Å². The number of rotatable bonds is 4. The molecule has 1 saturated heterocycles. The Morgan fingerprint density at radius 2 is 1.82 bits per heavy atom. The van der Waals surface area contributed by atoms with Crippen LogP contribution in [0.5, 0.6) is 0 Å². The van der Waals surface area contributed by atoms with Crippen molar-refractivity contribution in [1.29, 1.82) is 0 Å². The maximum atomic E-state index is 12.5. The Morgan fingerprint density at radius 1 is 1.14 bits per heavy atom. The highest BCUT2D eigenvalue weighted by atomic mass is 32.1. The molecule has 2 aliphatic rings. The van der Waals surface area contributed by atoms with E-state index >= 15 is 0 Å². The summed E-state index contributed by atoms with van der Waals surface area (Å²) in [6.45, 7) is 3.84. The van der Waals surface area contributed by atoms with E-state index in [9.17, 15) is 14.4 Å². The van der Waals surface area contributed by atoms with Crippen molar-refractivity contribution in [2.75, 3.05) is 11.9 Å². The monoisotopic (exact) mass is 395 g/mol. The molecule has 6 nitrogen and oxygen atoms in total. The van der Waals surface area contributed by atoms with E-state index in [1.165, 1.54) is 22.5 Å². The molecule has 28 heavy (non-hydrogen) atoms. The molecule has 1 aliphatic carbocycles. The third-order valence-corrected chi connectivity index (χ3v) is 6.21. The molecule has 4 rings (SSSR count). The molecule has 144 valence electrons. The van der Waals surface area contributed by atoms with Crippen LogP contribution >= 0.6 is 11.3 Å². The first-order chi connectivity index (χ1) is 13.4. The van der Waals surface area contributed by atoms with Gasteiger partial charge in [0.25, 0.3) is 0 Å². The Morgan fingerprint density at radius 3 is 2.46 bits per heavy atom. The molecule has 2 unspecified atom stereocenters. The second-order valence-corrected chi connectivity index (χ2v) is 8.16. The molecule has 1 fully saturated rings. The number of aromatic nitrogens is 1. The summed E-state index contributed by atoms with van der Waals surface area (Å²) in [6, 6.07) is 6.11. The number of amides is 3. The fourth-order valence-electron chi connectivity index (χ4n) is 3.69. The van der Waals surface area contributed by atoms with Crippen molar-refractivity contribution in [1.82, 2.24) is 9.88 Å². The number of carbonyl (C=O) groups is 3. The third kappa shape index (κ3) is 3.38.